The fourth-order valence-electron chi connectivity index (χ4n) is 9.35. The van der Waals surface area contributed by atoms with Crippen LogP contribution in [0.3, 0.4) is 0 Å². The first-order valence-electron chi connectivity index (χ1n) is 32.0. The second-order valence-electron chi connectivity index (χ2n) is 21.8. The van der Waals surface area contributed by atoms with Crippen molar-refractivity contribution in [2.45, 2.75) is 307 Å². The Morgan fingerprint density at radius 2 is 0.873 bits per heavy atom. The second kappa shape index (κ2) is 55.1. The molecule has 0 aliphatic carbocycles. The molecule has 0 bridgehead atoms. The van der Waals surface area contributed by atoms with Crippen molar-refractivity contribution in [3.63, 3.8) is 0 Å². The number of amides is 1. The average Bonchev–Trinajstić information content (AvgIpc) is 3.47. The standard InChI is InChI=1S/C68H117NO10/c1-4-7-10-13-16-19-22-24-26-28-29-30-31-32-33-34-36-38-41-44-47-50-53-56-63(73)79-66-65(75)64(74)62(57-70)78-68(66)77-58-59(60(71)54-51-48-45-42-39-21-18-15-12-9-6-3)69-67(76)61(72)55-52-49-46-43-40-37-35-27-25-23-20-17-14-11-8-5-2/h16-17,19-20,24-27,29-30,32-33,37,40,51,54,59-62,64-66,68,70-72,74-75H,4-15,18,21-23,28,31,34-36,38-39,41-50,52-53,55-58H2,1-3H3,(H,69,76)/b19-16-,20-17-,26-24-,27-25-,30-29-,33-32-,40-37-,54-51+. The fourth-order valence-corrected chi connectivity index (χ4v) is 9.35. The quantitative estimate of drug-likeness (QED) is 0.0195. The first kappa shape index (κ1) is 73.6. The summed E-state index contributed by atoms with van der Waals surface area (Å²) in [5, 5.41) is 57.0. The smallest absolute Gasteiger partial charge is 0.306 e. The van der Waals surface area contributed by atoms with Crippen LogP contribution in [-0.2, 0) is 23.8 Å². The Morgan fingerprint density at radius 1 is 0.494 bits per heavy atom. The third-order valence-electron chi connectivity index (χ3n) is 14.5. The largest absolute Gasteiger partial charge is 0.454 e. The van der Waals surface area contributed by atoms with Crippen LogP contribution in [0, 0.1) is 0 Å². The lowest BCUT2D eigenvalue weighted by Crippen LogP contribution is -2.61. The highest BCUT2D eigenvalue weighted by Crippen LogP contribution is 2.26. The summed E-state index contributed by atoms with van der Waals surface area (Å²) in [7, 11) is 0. The van der Waals surface area contributed by atoms with Gasteiger partial charge >= 0.3 is 5.97 Å². The van der Waals surface area contributed by atoms with Crippen molar-refractivity contribution in [2.75, 3.05) is 13.2 Å². The zero-order valence-electron chi connectivity index (χ0n) is 50.2. The van der Waals surface area contributed by atoms with Crippen molar-refractivity contribution < 1.29 is 49.3 Å². The van der Waals surface area contributed by atoms with Gasteiger partial charge in [0.25, 0.3) is 0 Å². The molecule has 0 aromatic heterocycles. The van der Waals surface area contributed by atoms with E-state index in [1.165, 1.54) is 83.5 Å². The van der Waals surface area contributed by atoms with Gasteiger partial charge in [0.05, 0.1) is 25.4 Å². The molecule has 11 heteroatoms. The van der Waals surface area contributed by atoms with E-state index in [4.69, 9.17) is 14.2 Å². The molecule has 0 radical (unpaired) electrons. The number of hydrogen-bond acceptors (Lipinski definition) is 10. The Morgan fingerprint density at radius 3 is 1.33 bits per heavy atom. The van der Waals surface area contributed by atoms with Crippen molar-refractivity contribution >= 4 is 11.9 Å². The van der Waals surface area contributed by atoms with Gasteiger partial charge in [-0.3, -0.25) is 9.59 Å². The molecule has 8 unspecified atom stereocenters. The molecule has 0 spiro atoms. The molecule has 0 aromatic rings. The van der Waals surface area contributed by atoms with Gasteiger partial charge in [0.15, 0.2) is 12.4 Å². The van der Waals surface area contributed by atoms with Gasteiger partial charge in [0, 0.05) is 6.42 Å². The normalized spacial score (nSPS) is 19.5. The van der Waals surface area contributed by atoms with Crippen molar-refractivity contribution in [2.24, 2.45) is 0 Å². The highest BCUT2D eigenvalue weighted by molar-refractivity contribution is 5.80. The predicted molar refractivity (Wildman–Crippen MR) is 329 cm³/mol. The third-order valence-corrected chi connectivity index (χ3v) is 14.5. The molecule has 1 fully saturated rings. The van der Waals surface area contributed by atoms with Crippen LogP contribution in [0.4, 0.5) is 0 Å². The maximum atomic E-state index is 13.4. The summed E-state index contributed by atoms with van der Waals surface area (Å²) in [6.07, 6.45) is 63.0. The van der Waals surface area contributed by atoms with Crippen LogP contribution >= 0.6 is 0 Å². The van der Waals surface area contributed by atoms with E-state index in [1.54, 1.807) is 6.08 Å². The SMILES string of the molecule is CCCCC/C=C\C/C=C\C/C=C\C/C=C\CCCCCCCCCC(=O)OC1C(OCC(NC(=O)C(O)CCCCC/C=C\C/C=C\C/C=C\CCCCC)C(O)/C=C/CCCCCCCCCCC)OC(CO)C(O)C1O. The molecule has 79 heavy (non-hydrogen) atoms. The molecule has 11 nitrogen and oxygen atoms in total. The molecule has 1 saturated heterocycles. The predicted octanol–water partition coefficient (Wildman–Crippen LogP) is 15.5. The number of carbonyl (C=O) groups is 2. The zero-order valence-corrected chi connectivity index (χ0v) is 50.2. The molecule has 1 rings (SSSR count). The molecule has 8 atom stereocenters. The Balaban J connectivity index is 2.66. The van der Waals surface area contributed by atoms with Crippen LogP contribution in [0.15, 0.2) is 97.2 Å². The number of ether oxygens (including phenoxy) is 3. The summed E-state index contributed by atoms with van der Waals surface area (Å²) >= 11 is 0. The monoisotopic (exact) mass is 1110 g/mol. The van der Waals surface area contributed by atoms with Gasteiger partial charge in [0.1, 0.15) is 24.4 Å². The van der Waals surface area contributed by atoms with Crippen LogP contribution < -0.4 is 5.32 Å². The van der Waals surface area contributed by atoms with E-state index < -0.39 is 67.4 Å². The molecule has 1 heterocycles. The Bertz CT molecular complexity index is 1650. The van der Waals surface area contributed by atoms with Crippen LogP contribution in [-0.4, -0.2) is 99.6 Å². The van der Waals surface area contributed by atoms with Gasteiger partial charge in [0.2, 0.25) is 5.91 Å². The van der Waals surface area contributed by atoms with Crippen molar-refractivity contribution in [1.82, 2.24) is 5.32 Å². The third kappa shape index (κ3) is 43.0. The summed E-state index contributed by atoms with van der Waals surface area (Å²) in [6, 6.07) is -1.04. The lowest BCUT2D eigenvalue weighted by atomic mass is 9.99. The minimum Gasteiger partial charge on any atom is -0.454 e. The van der Waals surface area contributed by atoms with E-state index in [-0.39, 0.29) is 19.4 Å². The van der Waals surface area contributed by atoms with E-state index in [0.29, 0.717) is 12.8 Å². The molecule has 1 amide bonds. The fraction of sp³-hybridized carbons (Fsp3) is 0.735. The lowest BCUT2D eigenvalue weighted by Gasteiger charge is -2.41. The van der Waals surface area contributed by atoms with Crippen LogP contribution in [0.2, 0.25) is 0 Å². The Kier molecular flexibility index (Phi) is 51.4. The van der Waals surface area contributed by atoms with Crippen LogP contribution in [0.25, 0.3) is 0 Å². The molecular weight excluding hydrogens is 991 g/mol. The number of nitrogens with one attached hydrogen (secondary N) is 1. The van der Waals surface area contributed by atoms with Gasteiger partial charge in [-0.05, 0) is 109 Å². The van der Waals surface area contributed by atoms with Crippen molar-refractivity contribution in [3.8, 4) is 0 Å². The summed E-state index contributed by atoms with van der Waals surface area (Å²) in [5.74, 6) is -1.23. The molecule has 454 valence electrons. The minimum atomic E-state index is -1.63. The summed E-state index contributed by atoms with van der Waals surface area (Å²) in [6.45, 7) is 5.70. The number of aliphatic hydroxyl groups is 5. The van der Waals surface area contributed by atoms with E-state index in [0.717, 1.165) is 128 Å². The lowest BCUT2D eigenvalue weighted by molar-refractivity contribution is -0.305. The van der Waals surface area contributed by atoms with Crippen molar-refractivity contribution in [3.05, 3.63) is 97.2 Å². The van der Waals surface area contributed by atoms with Crippen molar-refractivity contribution in [1.29, 1.82) is 0 Å². The Labute approximate surface area is 482 Å². The van der Waals surface area contributed by atoms with E-state index in [1.807, 2.05) is 6.08 Å². The second-order valence-corrected chi connectivity index (χ2v) is 21.8. The number of unbranched alkanes of at least 4 members (excludes halogenated alkanes) is 25. The van der Waals surface area contributed by atoms with Gasteiger partial charge in [-0.15, -0.1) is 0 Å². The number of aliphatic hydroxyl groups excluding tert-OH is 5. The maximum absolute atomic E-state index is 13.4. The zero-order chi connectivity index (χ0) is 57.5. The highest BCUT2D eigenvalue weighted by Gasteiger charge is 2.47. The van der Waals surface area contributed by atoms with Crippen LogP contribution in [0.1, 0.15) is 258 Å². The topological polar surface area (TPSA) is 175 Å². The average molecular weight is 1110 g/mol. The number of carbonyl (C=O) groups excluding carboxylic acids is 2. The maximum Gasteiger partial charge on any atom is 0.306 e. The van der Waals surface area contributed by atoms with E-state index in [2.05, 4.69) is 111 Å². The van der Waals surface area contributed by atoms with E-state index >= 15 is 0 Å². The Hall–Kier alpha value is -3.42. The van der Waals surface area contributed by atoms with Gasteiger partial charge in [-0.1, -0.05) is 240 Å². The molecular formula is C68H117NO10. The summed E-state index contributed by atoms with van der Waals surface area (Å²) in [5.41, 5.74) is 0. The van der Waals surface area contributed by atoms with E-state index in [9.17, 15) is 35.1 Å². The molecule has 0 aromatic carbocycles. The molecule has 1 aliphatic rings. The summed E-state index contributed by atoms with van der Waals surface area (Å²) in [4.78, 5) is 26.6. The van der Waals surface area contributed by atoms with Crippen LogP contribution in [0.5, 0.6) is 0 Å². The number of rotatable bonds is 53. The highest BCUT2D eigenvalue weighted by atomic mass is 16.7. The number of esters is 1. The van der Waals surface area contributed by atoms with Gasteiger partial charge < -0.3 is 45.1 Å². The van der Waals surface area contributed by atoms with Gasteiger partial charge in [-0.25, -0.2) is 0 Å². The number of hydrogen-bond donors (Lipinski definition) is 6. The minimum absolute atomic E-state index is 0.104. The molecule has 0 saturated carbocycles. The first-order valence-corrected chi connectivity index (χ1v) is 32.0. The molecule has 6 N–H and O–H groups in total. The van der Waals surface area contributed by atoms with Gasteiger partial charge in [-0.2, -0.15) is 0 Å². The number of allylic oxidation sites excluding steroid dienone is 15. The first-order chi connectivity index (χ1) is 38.7. The summed E-state index contributed by atoms with van der Waals surface area (Å²) < 4.78 is 17.6. The molecule has 1 aliphatic heterocycles.